The molecule has 0 aromatic heterocycles. The molecule has 2 rings (SSSR count). The third kappa shape index (κ3) is 7.61. The number of rotatable bonds is 10. The fraction of sp³-hybridized carbons (Fsp3) is 0.300. The van der Waals surface area contributed by atoms with Crippen molar-refractivity contribution in [2.24, 2.45) is 0 Å². The molecule has 0 fully saturated rings. The van der Waals surface area contributed by atoms with Crippen LogP contribution in [0.2, 0.25) is 0 Å². The van der Waals surface area contributed by atoms with Crippen LogP contribution in [0.15, 0.2) is 47.4 Å². The first kappa shape index (κ1) is 22.5. The summed E-state index contributed by atoms with van der Waals surface area (Å²) in [7, 11) is 0. The van der Waals surface area contributed by atoms with Crippen molar-refractivity contribution in [3.8, 4) is 11.5 Å². The highest BCUT2D eigenvalue weighted by Crippen LogP contribution is 2.33. The fourth-order valence-electron chi connectivity index (χ4n) is 2.35. The summed E-state index contributed by atoms with van der Waals surface area (Å²) in [6.45, 7) is 0.172. The van der Waals surface area contributed by atoms with E-state index >= 15 is 0 Å². The molecular formula is C20H21F2NO5S. The molecule has 9 heteroatoms. The number of nitrogens with one attached hydrogen (secondary N) is 1. The van der Waals surface area contributed by atoms with Crippen molar-refractivity contribution in [3.05, 3.63) is 48.0 Å². The molecule has 0 heterocycles. The predicted octanol–water partition coefficient (Wildman–Crippen LogP) is 4.48. The summed E-state index contributed by atoms with van der Waals surface area (Å²) in [5, 5.41) is 2.65. The summed E-state index contributed by atoms with van der Waals surface area (Å²) in [6.07, 6.45) is 0. The van der Waals surface area contributed by atoms with Crippen LogP contribution >= 0.6 is 11.8 Å². The van der Waals surface area contributed by atoms with E-state index in [0.29, 0.717) is 5.69 Å². The summed E-state index contributed by atoms with van der Waals surface area (Å²) in [5.74, 6) is -0.618. The summed E-state index contributed by atoms with van der Waals surface area (Å²) < 4.78 is 40.5. The van der Waals surface area contributed by atoms with Gasteiger partial charge in [-0.3, -0.25) is 9.59 Å². The van der Waals surface area contributed by atoms with E-state index in [4.69, 9.17) is 9.47 Å². The Labute approximate surface area is 171 Å². The van der Waals surface area contributed by atoms with Crippen LogP contribution in [0.25, 0.3) is 0 Å². The number of para-hydroxylation sites is 1. The molecule has 0 spiro atoms. The highest BCUT2D eigenvalue weighted by molar-refractivity contribution is 8.00. The molecule has 156 valence electrons. The molecule has 1 N–H and O–H groups in total. The van der Waals surface area contributed by atoms with Crippen molar-refractivity contribution in [1.82, 2.24) is 0 Å². The summed E-state index contributed by atoms with van der Waals surface area (Å²) >= 11 is 1.25. The minimum Gasteiger partial charge on any atom is -0.490 e. The number of amides is 1. The first-order valence-corrected chi connectivity index (χ1v) is 9.73. The SMILES string of the molecule is CCOc1cccc(COC(=O)CSc2ccc(NC(C)=O)cc2)c1OC(F)F. The molecule has 0 saturated carbocycles. The summed E-state index contributed by atoms with van der Waals surface area (Å²) in [6, 6.07) is 11.6. The minimum absolute atomic E-state index is 0.0374. The standard InChI is InChI=1S/C20H21F2NO5S/c1-3-26-17-6-4-5-14(19(17)28-20(21)22)11-27-18(25)12-29-16-9-7-15(8-10-16)23-13(2)24/h4-10,20H,3,11-12H2,1-2H3,(H,23,24). The summed E-state index contributed by atoms with van der Waals surface area (Å²) in [4.78, 5) is 23.8. The molecule has 0 aliphatic carbocycles. The van der Waals surface area contributed by atoms with Crippen molar-refractivity contribution in [1.29, 1.82) is 0 Å². The van der Waals surface area contributed by atoms with Gasteiger partial charge in [-0.1, -0.05) is 12.1 Å². The number of anilines is 1. The first-order chi connectivity index (χ1) is 13.9. The zero-order valence-corrected chi connectivity index (χ0v) is 16.8. The van der Waals surface area contributed by atoms with Gasteiger partial charge in [-0.05, 0) is 37.3 Å². The molecular weight excluding hydrogens is 404 g/mol. The quantitative estimate of drug-likeness (QED) is 0.447. The van der Waals surface area contributed by atoms with Crippen molar-refractivity contribution < 1.29 is 32.6 Å². The number of esters is 1. The molecule has 29 heavy (non-hydrogen) atoms. The molecule has 1 amide bonds. The lowest BCUT2D eigenvalue weighted by molar-refractivity contribution is -0.141. The Morgan fingerprint density at radius 1 is 1.14 bits per heavy atom. The predicted molar refractivity (Wildman–Crippen MR) is 106 cm³/mol. The van der Waals surface area contributed by atoms with Crippen LogP contribution in [0.3, 0.4) is 0 Å². The van der Waals surface area contributed by atoms with Crippen LogP contribution in [0.1, 0.15) is 19.4 Å². The fourth-order valence-corrected chi connectivity index (χ4v) is 3.04. The van der Waals surface area contributed by atoms with Crippen molar-refractivity contribution >= 4 is 29.3 Å². The third-order valence-corrected chi connectivity index (χ3v) is 4.47. The van der Waals surface area contributed by atoms with E-state index < -0.39 is 12.6 Å². The molecule has 0 aliphatic heterocycles. The molecule has 2 aromatic rings. The van der Waals surface area contributed by atoms with E-state index in [0.717, 1.165) is 4.90 Å². The van der Waals surface area contributed by atoms with Crippen molar-refractivity contribution in [2.45, 2.75) is 32.0 Å². The molecule has 0 atom stereocenters. The number of carbonyl (C=O) groups is 2. The van der Waals surface area contributed by atoms with Gasteiger partial charge in [-0.15, -0.1) is 11.8 Å². The van der Waals surface area contributed by atoms with Gasteiger partial charge in [-0.25, -0.2) is 0 Å². The average molecular weight is 425 g/mol. The van der Waals surface area contributed by atoms with Gasteiger partial charge in [0.15, 0.2) is 11.5 Å². The van der Waals surface area contributed by atoms with Crippen LogP contribution in [0.4, 0.5) is 14.5 Å². The van der Waals surface area contributed by atoms with Crippen LogP contribution in [-0.2, 0) is 20.9 Å². The largest absolute Gasteiger partial charge is 0.490 e. The van der Waals surface area contributed by atoms with E-state index in [2.05, 4.69) is 10.1 Å². The second-order valence-electron chi connectivity index (χ2n) is 5.71. The lowest BCUT2D eigenvalue weighted by Crippen LogP contribution is -2.11. The number of alkyl halides is 2. The van der Waals surface area contributed by atoms with E-state index in [1.807, 2.05) is 0 Å². The number of benzene rings is 2. The highest BCUT2D eigenvalue weighted by atomic mass is 32.2. The second kappa shape index (κ2) is 11.3. The maximum Gasteiger partial charge on any atom is 0.387 e. The molecule has 0 saturated heterocycles. The molecule has 0 bridgehead atoms. The normalized spacial score (nSPS) is 10.5. The first-order valence-electron chi connectivity index (χ1n) is 8.74. The molecule has 2 aromatic carbocycles. The zero-order chi connectivity index (χ0) is 21.2. The van der Waals surface area contributed by atoms with Crippen molar-refractivity contribution in [2.75, 3.05) is 17.7 Å². The number of hydrogen-bond donors (Lipinski definition) is 1. The van der Waals surface area contributed by atoms with E-state index in [1.165, 1.54) is 30.8 Å². The smallest absolute Gasteiger partial charge is 0.387 e. The lowest BCUT2D eigenvalue weighted by Gasteiger charge is -2.15. The number of hydrogen-bond acceptors (Lipinski definition) is 6. The Kier molecular flexibility index (Phi) is 8.72. The highest BCUT2D eigenvalue weighted by Gasteiger charge is 2.17. The lowest BCUT2D eigenvalue weighted by atomic mass is 10.2. The maximum atomic E-state index is 12.7. The van der Waals surface area contributed by atoms with Gasteiger partial charge in [0, 0.05) is 23.1 Å². The molecule has 0 aliphatic rings. The molecule has 0 radical (unpaired) electrons. The van der Waals surface area contributed by atoms with Crippen LogP contribution in [0.5, 0.6) is 11.5 Å². The third-order valence-electron chi connectivity index (χ3n) is 3.49. The van der Waals surface area contributed by atoms with E-state index in [-0.39, 0.29) is 41.9 Å². The van der Waals surface area contributed by atoms with Crippen LogP contribution in [-0.4, -0.2) is 30.8 Å². The van der Waals surface area contributed by atoms with Gasteiger partial charge >= 0.3 is 12.6 Å². The minimum atomic E-state index is -3.03. The van der Waals surface area contributed by atoms with Gasteiger partial charge in [-0.2, -0.15) is 8.78 Å². The van der Waals surface area contributed by atoms with Gasteiger partial charge in [0.1, 0.15) is 6.61 Å². The van der Waals surface area contributed by atoms with Gasteiger partial charge in [0.2, 0.25) is 5.91 Å². The topological polar surface area (TPSA) is 73.9 Å². The van der Waals surface area contributed by atoms with E-state index in [1.54, 1.807) is 37.3 Å². The Morgan fingerprint density at radius 2 is 1.86 bits per heavy atom. The monoisotopic (exact) mass is 425 g/mol. The number of carbonyl (C=O) groups excluding carboxylic acids is 2. The van der Waals surface area contributed by atoms with Gasteiger partial charge in [0.25, 0.3) is 0 Å². The Hall–Kier alpha value is -2.81. The van der Waals surface area contributed by atoms with Gasteiger partial charge < -0.3 is 19.5 Å². The van der Waals surface area contributed by atoms with Gasteiger partial charge in [0.05, 0.1) is 12.4 Å². The Morgan fingerprint density at radius 3 is 2.48 bits per heavy atom. The van der Waals surface area contributed by atoms with Crippen LogP contribution < -0.4 is 14.8 Å². The zero-order valence-electron chi connectivity index (χ0n) is 15.9. The Balaban J connectivity index is 1.91. The number of halogens is 2. The Bertz CT molecular complexity index is 830. The number of ether oxygens (including phenoxy) is 3. The van der Waals surface area contributed by atoms with Crippen LogP contribution in [0, 0.1) is 0 Å². The number of thioether (sulfide) groups is 1. The molecule has 6 nitrogen and oxygen atoms in total. The molecule has 0 unspecified atom stereocenters. The summed E-state index contributed by atoms with van der Waals surface area (Å²) in [5.41, 5.74) is 0.944. The van der Waals surface area contributed by atoms with Crippen molar-refractivity contribution in [3.63, 3.8) is 0 Å². The van der Waals surface area contributed by atoms with E-state index in [9.17, 15) is 18.4 Å². The maximum absolute atomic E-state index is 12.7. The average Bonchev–Trinajstić information content (AvgIpc) is 2.67. The second-order valence-corrected chi connectivity index (χ2v) is 6.76.